The molecule has 0 unspecified atom stereocenters. The van der Waals surface area contributed by atoms with E-state index in [0.717, 1.165) is 5.70 Å². The molecule has 1 heterocycles. The van der Waals surface area contributed by atoms with Crippen molar-refractivity contribution in [2.75, 3.05) is 7.11 Å². The van der Waals surface area contributed by atoms with Crippen LogP contribution in [0, 0.1) is 10.1 Å². The topological polar surface area (TPSA) is 73.6 Å². The molecule has 6 nitrogen and oxygen atoms in total. The summed E-state index contributed by atoms with van der Waals surface area (Å²) in [5, 5.41) is 13.9. The van der Waals surface area contributed by atoms with Gasteiger partial charge in [0.2, 0.25) is 0 Å². The highest BCUT2D eigenvalue weighted by Crippen LogP contribution is 2.33. The number of allylic oxidation sites excluding steroid dienone is 4. The Morgan fingerprint density at radius 2 is 2.05 bits per heavy atom. The maximum absolute atomic E-state index is 10.8. The quantitative estimate of drug-likeness (QED) is 0.675. The SMILES string of the molecule is COc1ccc([N+](=O)[O-])cc1OC1=C(C)NC=CC=C1. The van der Waals surface area contributed by atoms with Gasteiger partial charge in [-0.25, -0.2) is 0 Å². The Labute approximate surface area is 116 Å². The molecule has 0 aromatic heterocycles. The summed E-state index contributed by atoms with van der Waals surface area (Å²) >= 11 is 0. The van der Waals surface area contributed by atoms with Crippen LogP contribution in [0.5, 0.6) is 11.5 Å². The van der Waals surface area contributed by atoms with Crippen molar-refractivity contribution in [3.8, 4) is 11.5 Å². The summed E-state index contributed by atoms with van der Waals surface area (Å²) in [6.45, 7) is 1.85. The van der Waals surface area contributed by atoms with Crippen LogP contribution in [0.4, 0.5) is 5.69 Å². The van der Waals surface area contributed by atoms with Crippen LogP contribution in [-0.2, 0) is 0 Å². The summed E-state index contributed by atoms with van der Waals surface area (Å²) in [7, 11) is 1.48. The Morgan fingerprint density at radius 1 is 1.25 bits per heavy atom. The van der Waals surface area contributed by atoms with Crippen molar-refractivity contribution in [2.45, 2.75) is 6.92 Å². The number of hydrogen-bond acceptors (Lipinski definition) is 5. The van der Waals surface area contributed by atoms with Crippen LogP contribution in [0.25, 0.3) is 0 Å². The van der Waals surface area contributed by atoms with Crippen molar-refractivity contribution in [1.29, 1.82) is 0 Å². The van der Waals surface area contributed by atoms with Gasteiger partial charge in [-0.1, -0.05) is 6.08 Å². The molecule has 0 bridgehead atoms. The highest BCUT2D eigenvalue weighted by molar-refractivity contribution is 5.50. The first-order valence-corrected chi connectivity index (χ1v) is 5.92. The number of benzene rings is 1. The van der Waals surface area contributed by atoms with Crippen LogP contribution in [0.2, 0.25) is 0 Å². The van der Waals surface area contributed by atoms with Crippen LogP contribution in [0.15, 0.2) is 54.1 Å². The van der Waals surface area contributed by atoms with Gasteiger partial charge in [-0.05, 0) is 25.1 Å². The summed E-state index contributed by atoms with van der Waals surface area (Å²) < 4.78 is 10.9. The molecule has 2 rings (SSSR count). The Kier molecular flexibility index (Phi) is 4.05. The standard InChI is InChI=1S/C14H14N2O4/c1-10-12(5-3-4-8-15-10)20-14-9-11(16(17)18)6-7-13(14)19-2/h3-9,15H,1-2H3. The first-order valence-electron chi connectivity index (χ1n) is 5.92. The van der Waals surface area contributed by atoms with E-state index in [1.54, 1.807) is 12.3 Å². The zero-order valence-corrected chi connectivity index (χ0v) is 11.1. The lowest BCUT2D eigenvalue weighted by molar-refractivity contribution is -0.384. The normalized spacial score (nSPS) is 13.7. The minimum absolute atomic E-state index is 0.0530. The van der Waals surface area contributed by atoms with E-state index in [1.165, 1.54) is 25.3 Å². The van der Waals surface area contributed by atoms with E-state index in [1.807, 2.05) is 19.1 Å². The van der Waals surface area contributed by atoms with Crippen LogP contribution in [0.1, 0.15) is 6.92 Å². The molecule has 1 aliphatic heterocycles. The minimum Gasteiger partial charge on any atom is -0.493 e. The average molecular weight is 274 g/mol. The summed E-state index contributed by atoms with van der Waals surface area (Å²) in [4.78, 5) is 10.3. The lowest BCUT2D eigenvalue weighted by Crippen LogP contribution is -2.07. The molecular weight excluding hydrogens is 260 g/mol. The number of non-ortho nitro benzene ring substituents is 1. The third-order valence-corrected chi connectivity index (χ3v) is 2.70. The molecule has 1 aromatic rings. The summed E-state index contributed by atoms with van der Waals surface area (Å²) in [5.74, 6) is 1.29. The molecule has 0 amide bonds. The first-order chi connectivity index (χ1) is 9.61. The zero-order valence-electron chi connectivity index (χ0n) is 11.1. The molecule has 0 aliphatic carbocycles. The van der Waals surface area contributed by atoms with Crippen molar-refractivity contribution >= 4 is 5.69 Å². The Bertz CT molecular complexity index is 618. The fourth-order valence-corrected chi connectivity index (χ4v) is 1.66. The second-order valence-corrected chi connectivity index (χ2v) is 4.05. The number of nitrogens with zero attached hydrogens (tertiary/aromatic N) is 1. The van der Waals surface area contributed by atoms with Crippen molar-refractivity contribution in [2.24, 2.45) is 0 Å². The van der Waals surface area contributed by atoms with Gasteiger partial charge in [0.05, 0.1) is 23.8 Å². The van der Waals surface area contributed by atoms with Gasteiger partial charge in [0.1, 0.15) is 5.76 Å². The van der Waals surface area contributed by atoms with E-state index in [9.17, 15) is 10.1 Å². The Morgan fingerprint density at radius 3 is 2.75 bits per heavy atom. The molecule has 0 atom stereocenters. The second kappa shape index (κ2) is 5.92. The predicted molar refractivity (Wildman–Crippen MR) is 74.4 cm³/mol. The number of ether oxygens (including phenoxy) is 2. The number of nitro benzene ring substituents is 1. The molecule has 0 saturated heterocycles. The van der Waals surface area contributed by atoms with E-state index < -0.39 is 4.92 Å². The van der Waals surface area contributed by atoms with Crippen molar-refractivity contribution < 1.29 is 14.4 Å². The van der Waals surface area contributed by atoms with E-state index in [-0.39, 0.29) is 5.69 Å². The molecule has 0 fully saturated rings. The molecule has 104 valence electrons. The van der Waals surface area contributed by atoms with Gasteiger partial charge >= 0.3 is 0 Å². The van der Waals surface area contributed by atoms with Gasteiger partial charge in [0.15, 0.2) is 11.5 Å². The predicted octanol–water partition coefficient (Wildman–Crippen LogP) is 2.89. The fourth-order valence-electron chi connectivity index (χ4n) is 1.66. The number of rotatable bonds is 4. The number of nitrogens with one attached hydrogen (secondary N) is 1. The van der Waals surface area contributed by atoms with Gasteiger partial charge in [0.25, 0.3) is 5.69 Å². The highest BCUT2D eigenvalue weighted by atomic mass is 16.6. The summed E-state index contributed by atoms with van der Waals surface area (Å²) in [5.41, 5.74) is 0.742. The van der Waals surface area contributed by atoms with Crippen LogP contribution < -0.4 is 14.8 Å². The monoisotopic (exact) mass is 274 g/mol. The van der Waals surface area contributed by atoms with E-state index >= 15 is 0 Å². The molecule has 1 aromatic carbocycles. The molecule has 0 saturated carbocycles. The molecule has 1 N–H and O–H groups in total. The van der Waals surface area contributed by atoms with Crippen molar-refractivity contribution in [3.05, 3.63) is 64.2 Å². The van der Waals surface area contributed by atoms with Crippen molar-refractivity contribution in [1.82, 2.24) is 5.32 Å². The molecule has 20 heavy (non-hydrogen) atoms. The molecular formula is C14H14N2O4. The maximum atomic E-state index is 10.8. The van der Waals surface area contributed by atoms with Gasteiger partial charge in [-0.15, -0.1) is 0 Å². The van der Waals surface area contributed by atoms with Crippen molar-refractivity contribution in [3.63, 3.8) is 0 Å². The lowest BCUT2D eigenvalue weighted by atomic mass is 10.2. The van der Waals surface area contributed by atoms with Crippen LogP contribution >= 0.6 is 0 Å². The fraction of sp³-hybridized carbons (Fsp3) is 0.143. The van der Waals surface area contributed by atoms with Gasteiger partial charge < -0.3 is 14.8 Å². The van der Waals surface area contributed by atoms with E-state index in [2.05, 4.69) is 5.32 Å². The second-order valence-electron chi connectivity index (χ2n) is 4.05. The largest absolute Gasteiger partial charge is 0.493 e. The molecule has 1 aliphatic rings. The Hall–Kier alpha value is -2.76. The maximum Gasteiger partial charge on any atom is 0.273 e. The van der Waals surface area contributed by atoms with Crippen LogP contribution in [-0.4, -0.2) is 12.0 Å². The third-order valence-electron chi connectivity index (χ3n) is 2.70. The molecule has 0 spiro atoms. The van der Waals surface area contributed by atoms with Gasteiger partial charge in [-0.2, -0.15) is 0 Å². The molecule has 0 radical (unpaired) electrons. The third kappa shape index (κ3) is 2.97. The lowest BCUT2D eigenvalue weighted by Gasteiger charge is -2.12. The zero-order chi connectivity index (χ0) is 14.5. The highest BCUT2D eigenvalue weighted by Gasteiger charge is 2.14. The van der Waals surface area contributed by atoms with Gasteiger partial charge in [-0.3, -0.25) is 10.1 Å². The number of hydrogen-bond donors (Lipinski definition) is 1. The summed E-state index contributed by atoms with van der Waals surface area (Å²) in [6.07, 6.45) is 7.17. The van der Waals surface area contributed by atoms with Gasteiger partial charge in [0, 0.05) is 12.3 Å². The smallest absolute Gasteiger partial charge is 0.273 e. The minimum atomic E-state index is -0.476. The van der Waals surface area contributed by atoms with E-state index in [4.69, 9.17) is 9.47 Å². The average Bonchev–Trinajstić information content (AvgIpc) is 2.64. The van der Waals surface area contributed by atoms with E-state index in [0.29, 0.717) is 17.3 Å². The Balaban J connectivity index is 2.36. The van der Waals surface area contributed by atoms with Crippen LogP contribution in [0.3, 0.4) is 0 Å². The number of methoxy groups -OCH3 is 1. The summed E-state index contributed by atoms with van der Waals surface area (Å²) in [6, 6.07) is 4.22. The first kappa shape index (κ1) is 13.7. The molecule has 6 heteroatoms. The number of nitro groups is 1.